The van der Waals surface area contributed by atoms with Gasteiger partial charge >= 0.3 is 0 Å². The van der Waals surface area contributed by atoms with E-state index < -0.39 is 0 Å². The van der Waals surface area contributed by atoms with E-state index in [9.17, 15) is 0 Å². The fourth-order valence-electron chi connectivity index (χ4n) is 1.82. The van der Waals surface area contributed by atoms with Crippen molar-refractivity contribution in [3.8, 4) is 0 Å². The molecule has 0 radical (unpaired) electrons. The number of aryl methyl sites for hydroxylation is 2. The minimum atomic E-state index is 0.696. The van der Waals surface area contributed by atoms with Gasteiger partial charge in [-0.25, -0.2) is 4.98 Å². The molecule has 0 fully saturated rings. The predicted octanol–water partition coefficient (Wildman–Crippen LogP) is 1.28. The van der Waals surface area contributed by atoms with Gasteiger partial charge in [0, 0.05) is 6.54 Å². The normalized spacial score (nSPS) is 11.1. The van der Waals surface area contributed by atoms with Gasteiger partial charge in [-0.15, -0.1) is 0 Å². The predicted molar refractivity (Wildman–Crippen MR) is 62.6 cm³/mol. The third kappa shape index (κ3) is 1.68. The summed E-state index contributed by atoms with van der Waals surface area (Å²) in [5, 5.41) is 0. The maximum Gasteiger partial charge on any atom is 0.112 e. The molecule has 0 aliphatic rings. The molecule has 0 saturated heterocycles. The zero-order chi connectivity index (χ0) is 10.8. The lowest BCUT2D eigenvalue weighted by Gasteiger charge is -2.05. The smallest absolute Gasteiger partial charge is 0.112 e. The van der Waals surface area contributed by atoms with Crippen LogP contribution < -0.4 is 11.5 Å². The highest BCUT2D eigenvalue weighted by atomic mass is 15.1. The van der Waals surface area contributed by atoms with E-state index in [4.69, 9.17) is 11.5 Å². The standard InChI is InChI=1S/C11H16N4/c1-8-14-11-9(13)4-2-5-10(11)15(8)7-3-6-12/h2,4-5H,3,6-7,12-13H2,1H3. The van der Waals surface area contributed by atoms with Crippen LogP contribution in [0.1, 0.15) is 12.2 Å². The molecule has 4 N–H and O–H groups in total. The van der Waals surface area contributed by atoms with Crippen LogP contribution in [0.4, 0.5) is 5.69 Å². The second kappa shape index (κ2) is 3.90. The molecule has 0 aliphatic heterocycles. The van der Waals surface area contributed by atoms with E-state index in [0.717, 1.165) is 35.5 Å². The van der Waals surface area contributed by atoms with Crippen molar-refractivity contribution in [3.63, 3.8) is 0 Å². The van der Waals surface area contributed by atoms with Crippen LogP contribution in [-0.4, -0.2) is 16.1 Å². The molecule has 15 heavy (non-hydrogen) atoms. The summed E-state index contributed by atoms with van der Waals surface area (Å²) in [6.45, 7) is 3.60. The minimum absolute atomic E-state index is 0.696. The van der Waals surface area contributed by atoms with Crippen LogP contribution in [0.3, 0.4) is 0 Å². The van der Waals surface area contributed by atoms with Crippen molar-refractivity contribution in [1.29, 1.82) is 0 Å². The van der Waals surface area contributed by atoms with E-state index >= 15 is 0 Å². The summed E-state index contributed by atoms with van der Waals surface area (Å²) in [5.74, 6) is 0.997. The number of nitrogens with two attached hydrogens (primary N) is 2. The maximum atomic E-state index is 5.87. The highest BCUT2D eigenvalue weighted by Crippen LogP contribution is 2.21. The second-order valence-corrected chi connectivity index (χ2v) is 3.67. The van der Waals surface area contributed by atoms with Gasteiger partial charge in [-0.1, -0.05) is 6.07 Å². The number of nitrogens with zero attached hydrogens (tertiary/aromatic N) is 2. The Labute approximate surface area is 88.9 Å². The molecule has 1 heterocycles. The zero-order valence-corrected chi connectivity index (χ0v) is 8.90. The first-order valence-corrected chi connectivity index (χ1v) is 5.15. The van der Waals surface area contributed by atoms with Crippen LogP contribution in [0.2, 0.25) is 0 Å². The Morgan fingerprint density at radius 2 is 2.20 bits per heavy atom. The van der Waals surface area contributed by atoms with Crippen LogP contribution in [0.15, 0.2) is 18.2 Å². The molecule has 1 aromatic heterocycles. The summed E-state index contributed by atoms with van der Waals surface area (Å²) in [6, 6.07) is 5.88. The van der Waals surface area contributed by atoms with E-state index in [2.05, 4.69) is 9.55 Å². The Morgan fingerprint density at radius 3 is 2.93 bits per heavy atom. The Bertz CT molecular complexity index is 473. The number of fused-ring (bicyclic) bond motifs is 1. The molecule has 2 rings (SSSR count). The third-order valence-corrected chi connectivity index (χ3v) is 2.59. The van der Waals surface area contributed by atoms with Crippen molar-refractivity contribution in [2.45, 2.75) is 19.9 Å². The molecular formula is C11H16N4. The third-order valence-electron chi connectivity index (χ3n) is 2.59. The average Bonchev–Trinajstić information content (AvgIpc) is 2.54. The Morgan fingerprint density at radius 1 is 1.40 bits per heavy atom. The van der Waals surface area contributed by atoms with Crippen molar-refractivity contribution in [2.24, 2.45) is 5.73 Å². The van der Waals surface area contributed by atoms with E-state index in [-0.39, 0.29) is 0 Å². The Balaban J connectivity index is 2.53. The van der Waals surface area contributed by atoms with Crippen LogP contribution in [-0.2, 0) is 6.54 Å². The van der Waals surface area contributed by atoms with Crippen molar-refractivity contribution in [3.05, 3.63) is 24.0 Å². The number of hydrogen-bond donors (Lipinski definition) is 2. The van der Waals surface area contributed by atoms with Crippen molar-refractivity contribution >= 4 is 16.7 Å². The quantitative estimate of drug-likeness (QED) is 0.740. The van der Waals surface area contributed by atoms with Gasteiger partial charge in [0.15, 0.2) is 0 Å². The second-order valence-electron chi connectivity index (χ2n) is 3.67. The number of rotatable bonds is 3. The molecule has 2 aromatic rings. The van der Waals surface area contributed by atoms with Gasteiger partial charge in [-0.2, -0.15) is 0 Å². The molecule has 0 atom stereocenters. The lowest BCUT2D eigenvalue weighted by molar-refractivity contribution is 0.649. The van der Waals surface area contributed by atoms with Crippen molar-refractivity contribution in [1.82, 2.24) is 9.55 Å². The van der Waals surface area contributed by atoms with E-state index in [0.29, 0.717) is 6.54 Å². The molecule has 80 valence electrons. The molecule has 4 nitrogen and oxygen atoms in total. The van der Waals surface area contributed by atoms with E-state index in [1.54, 1.807) is 0 Å². The number of nitrogen functional groups attached to an aromatic ring is 1. The summed E-state index contributed by atoms with van der Waals surface area (Å²) in [5.41, 5.74) is 14.1. The highest BCUT2D eigenvalue weighted by molar-refractivity contribution is 5.87. The van der Waals surface area contributed by atoms with Gasteiger partial charge in [0.25, 0.3) is 0 Å². The van der Waals surface area contributed by atoms with Crippen molar-refractivity contribution < 1.29 is 0 Å². The lowest BCUT2D eigenvalue weighted by atomic mass is 10.2. The lowest BCUT2D eigenvalue weighted by Crippen LogP contribution is -2.06. The molecule has 0 saturated carbocycles. The number of hydrogen-bond acceptors (Lipinski definition) is 3. The Kier molecular flexibility index (Phi) is 2.60. The summed E-state index contributed by atoms with van der Waals surface area (Å²) < 4.78 is 2.17. The van der Waals surface area contributed by atoms with Gasteiger partial charge in [0.2, 0.25) is 0 Å². The van der Waals surface area contributed by atoms with Crippen LogP contribution >= 0.6 is 0 Å². The first kappa shape index (κ1) is 9.98. The SMILES string of the molecule is Cc1nc2c(N)cccc2n1CCCN. The number of imidazole rings is 1. The monoisotopic (exact) mass is 204 g/mol. The molecular weight excluding hydrogens is 188 g/mol. The number of para-hydroxylation sites is 1. The van der Waals surface area contributed by atoms with E-state index in [1.807, 2.05) is 25.1 Å². The summed E-state index contributed by atoms with van der Waals surface area (Å²) >= 11 is 0. The summed E-state index contributed by atoms with van der Waals surface area (Å²) in [4.78, 5) is 4.46. The van der Waals surface area contributed by atoms with E-state index in [1.165, 1.54) is 0 Å². The summed E-state index contributed by atoms with van der Waals surface area (Å²) in [6.07, 6.45) is 0.959. The molecule has 0 amide bonds. The zero-order valence-electron chi connectivity index (χ0n) is 8.90. The van der Waals surface area contributed by atoms with Crippen LogP contribution in [0, 0.1) is 6.92 Å². The fraction of sp³-hybridized carbons (Fsp3) is 0.364. The van der Waals surface area contributed by atoms with Gasteiger partial charge in [-0.05, 0) is 32.0 Å². The molecule has 4 heteroatoms. The van der Waals surface area contributed by atoms with Gasteiger partial charge < -0.3 is 16.0 Å². The first-order valence-electron chi connectivity index (χ1n) is 5.15. The molecule has 0 spiro atoms. The molecule has 1 aromatic carbocycles. The highest BCUT2D eigenvalue weighted by Gasteiger charge is 2.08. The first-order chi connectivity index (χ1) is 7.24. The maximum absolute atomic E-state index is 5.87. The number of anilines is 1. The molecule has 0 aliphatic carbocycles. The largest absolute Gasteiger partial charge is 0.397 e. The number of aromatic nitrogens is 2. The average molecular weight is 204 g/mol. The number of benzene rings is 1. The molecule has 0 bridgehead atoms. The topological polar surface area (TPSA) is 69.9 Å². The van der Waals surface area contributed by atoms with Crippen molar-refractivity contribution in [2.75, 3.05) is 12.3 Å². The van der Waals surface area contributed by atoms with Gasteiger partial charge in [-0.3, -0.25) is 0 Å². The molecule has 0 unspecified atom stereocenters. The van der Waals surface area contributed by atoms with Gasteiger partial charge in [0.05, 0.1) is 11.2 Å². The van der Waals surface area contributed by atoms with Crippen LogP contribution in [0.5, 0.6) is 0 Å². The van der Waals surface area contributed by atoms with Crippen LogP contribution in [0.25, 0.3) is 11.0 Å². The van der Waals surface area contributed by atoms with Gasteiger partial charge in [0.1, 0.15) is 11.3 Å². The Hall–Kier alpha value is -1.55. The summed E-state index contributed by atoms with van der Waals surface area (Å²) in [7, 11) is 0. The fourth-order valence-corrected chi connectivity index (χ4v) is 1.82. The minimum Gasteiger partial charge on any atom is -0.397 e.